The molecular weight excluding hydrogens is 324 g/mol. The van der Waals surface area contributed by atoms with Crippen LogP contribution in [0.15, 0.2) is 11.6 Å². The summed E-state index contributed by atoms with van der Waals surface area (Å²) in [6, 6.07) is 0. The smallest absolute Gasteiger partial charge is 0.308 e. The molecule has 144 valence electrons. The number of Topliss-reactive ketones (excluding diaryl/α,β-unsaturated/α-hetero) is 1. The van der Waals surface area contributed by atoms with Gasteiger partial charge in [-0.25, -0.2) is 0 Å². The topological polar surface area (TPSA) is 43.4 Å². The first kappa shape index (κ1) is 18.3. The van der Waals surface area contributed by atoms with Crippen molar-refractivity contribution in [2.24, 2.45) is 40.4 Å². The molecule has 0 aromatic carbocycles. The summed E-state index contributed by atoms with van der Waals surface area (Å²) in [5, 5.41) is 0. The summed E-state index contributed by atoms with van der Waals surface area (Å²) in [6.45, 7) is 6.93. The molecule has 0 spiro atoms. The predicted octanol–water partition coefficient (Wildman–Crippen LogP) is 4.94. The standard InChI is InChI=1S/C23H34O3/c1-14(21(25)26-4)18-7-8-19-17-6-5-15-13-16(24)9-11-22(15,2)20(17)10-12-23(18,19)3/h10,14-15,17-19H,5-9,11-13H2,1-4H3/t14-,15+,17?,18+,19?,22-,23+/m0/s1. The molecule has 0 bridgehead atoms. The Bertz CT molecular complexity index is 650. The van der Waals surface area contributed by atoms with E-state index in [2.05, 4.69) is 26.8 Å². The van der Waals surface area contributed by atoms with Gasteiger partial charge in [0.2, 0.25) is 0 Å². The van der Waals surface area contributed by atoms with Crippen LogP contribution in [0.4, 0.5) is 0 Å². The van der Waals surface area contributed by atoms with Crippen molar-refractivity contribution >= 4 is 11.8 Å². The second-order valence-electron chi connectivity index (χ2n) is 10.0. The number of rotatable bonds is 2. The summed E-state index contributed by atoms with van der Waals surface area (Å²) in [6.07, 6.45) is 11.1. The number of fused-ring (bicyclic) bond motifs is 5. The van der Waals surface area contributed by atoms with Gasteiger partial charge in [0.05, 0.1) is 13.0 Å². The van der Waals surface area contributed by atoms with Crippen LogP contribution in [0.1, 0.15) is 72.1 Å². The van der Waals surface area contributed by atoms with Crippen LogP contribution in [-0.4, -0.2) is 18.9 Å². The number of ether oxygens (including phenoxy) is 1. The molecule has 2 unspecified atom stereocenters. The molecule has 0 N–H and O–H groups in total. The zero-order valence-corrected chi connectivity index (χ0v) is 16.8. The van der Waals surface area contributed by atoms with Crippen molar-refractivity contribution in [1.29, 1.82) is 0 Å². The van der Waals surface area contributed by atoms with Crippen LogP contribution in [0.2, 0.25) is 0 Å². The molecule has 4 rings (SSSR count). The van der Waals surface area contributed by atoms with E-state index in [1.54, 1.807) is 5.57 Å². The molecule has 3 nitrogen and oxygen atoms in total. The first-order valence-corrected chi connectivity index (χ1v) is 10.6. The van der Waals surface area contributed by atoms with Gasteiger partial charge in [0.1, 0.15) is 5.78 Å². The van der Waals surface area contributed by atoms with Crippen LogP contribution in [0.3, 0.4) is 0 Å². The molecule has 3 saturated carbocycles. The lowest BCUT2D eigenvalue weighted by Gasteiger charge is -2.56. The molecule has 0 aromatic heterocycles. The Morgan fingerprint density at radius 1 is 1.23 bits per heavy atom. The maximum Gasteiger partial charge on any atom is 0.308 e. The highest BCUT2D eigenvalue weighted by atomic mass is 16.5. The molecule has 0 saturated heterocycles. The molecule has 4 aliphatic rings. The average Bonchev–Trinajstić information content (AvgIpc) is 2.98. The zero-order chi connectivity index (χ0) is 18.7. The zero-order valence-electron chi connectivity index (χ0n) is 16.8. The quantitative estimate of drug-likeness (QED) is 0.518. The lowest BCUT2D eigenvalue weighted by atomic mass is 9.48. The van der Waals surface area contributed by atoms with Gasteiger partial charge >= 0.3 is 5.97 Å². The highest BCUT2D eigenvalue weighted by Crippen LogP contribution is 2.66. The van der Waals surface area contributed by atoms with Gasteiger partial charge in [-0.05, 0) is 73.0 Å². The van der Waals surface area contributed by atoms with Gasteiger partial charge in [0.15, 0.2) is 0 Å². The van der Waals surface area contributed by atoms with Gasteiger partial charge in [-0.3, -0.25) is 9.59 Å². The molecule has 0 aromatic rings. The second kappa shape index (κ2) is 6.21. The van der Waals surface area contributed by atoms with Crippen molar-refractivity contribution in [1.82, 2.24) is 0 Å². The van der Waals surface area contributed by atoms with Gasteiger partial charge in [0.25, 0.3) is 0 Å². The van der Waals surface area contributed by atoms with E-state index in [0.29, 0.717) is 29.5 Å². The molecular formula is C23H34O3. The Hall–Kier alpha value is -1.12. The molecule has 26 heavy (non-hydrogen) atoms. The summed E-state index contributed by atoms with van der Waals surface area (Å²) in [7, 11) is 1.51. The number of hydrogen-bond donors (Lipinski definition) is 0. The fraction of sp³-hybridized carbons (Fsp3) is 0.826. The molecule has 0 radical (unpaired) electrons. The summed E-state index contributed by atoms with van der Waals surface area (Å²) in [5.74, 6) is 2.75. The number of methoxy groups -OCH3 is 1. The summed E-state index contributed by atoms with van der Waals surface area (Å²) in [4.78, 5) is 24.2. The first-order valence-electron chi connectivity index (χ1n) is 10.6. The van der Waals surface area contributed by atoms with Crippen molar-refractivity contribution in [2.75, 3.05) is 7.11 Å². The van der Waals surface area contributed by atoms with Crippen LogP contribution in [0.5, 0.6) is 0 Å². The molecule has 3 fully saturated rings. The predicted molar refractivity (Wildman–Crippen MR) is 101 cm³/mol. The van der Waals surface area contributed by atoms with E-state index < -0.39 is 0 Å². The third-order valence-electron chi connectivity index (χ3n) is 9.09. The van der Waals surface area contributed by atoms with E-state index in [1.165, 1.54) is 26.4 Å². The summed E-state index contributed by atoms with van der Waals surface area (Å²) < 4.78 is 5.07. The van der Waals surface area contributed by atoms with E-state index in [4.69, 9.17) is 4.74 Å². The highest BCUT2D eigenvalue weighted by Gasteiger charge is 2.58. The average molecular weight is 359 g/mol. The molecule has 0 heterocycles. The Labute approximate surface area is 157 Å². The molecule has 0 aliphatic heterocycles. The summed E-state index contributed by atoms with van der Waals surface area (Å²) in [5.41, 5.74) is 2.13. The second-order valence-corrected chi connectivity index (χ2v) is 10.0. The van der Waals surface area contributed by atoms with Gasteiger partial charge in [-0.2, -0.15) is 0 Å². The number of esters is 1. The fourth-order valence-corrected chi connectivity index (χ4v) is 7.53. The number of carbonyl (C=O) groups is 2. The Morgan fingerprint density at radius 3 is 2.73 bits per heavy atom. The molecule has 0 amide bonds. The monoisotopic (exact) mass is 358 g/mol. The van der Waals surface area contributed by atoms with E-state index in [1.807, 2.05) is 0 Å². The maximum absolute atomic E-state index is 12.2. The van der Waals surface area contributed by atoms with Crippen LogP contribution in [-0.2, 0) is 14.3 Å². The normalized spacial score (nSPS) is 45.8. The van der Waals surface area contributed by atoms with Gasteiger partial charge in [-0.1, -0.05) is 32.4 Å². The van der Waals surface area contributed by atoms with Crippen molar-refractivity contribution in [3.05, 3.63) is 11.6 Å². The number of carbonyl (C=O) groups excluding carboxylic acids is 2. The van der Waals surface area contributed by atoms with Crippen LogP contribution >= 0.6 is 0 Å². The SMILES string of the molecule is COC(=O)[C@@H](C)[C@H]1CCC2C3CC[C@@H]4CC(=O)CC[C@]4(C)C3=CC[C@@]21C. The molecule has 4 aliphatic carbocycles. The largest absolute Gasteiger partial charge is 0.469 e. The minimum absolute atomic E-state index is 0.0100. The minimum atomic E-state index is -0.0480. The first-order chi connectivity index (χ1) is 12.3. The van der Waals surface area contributed by atoms with E-state index >= 15 is 0 Å². The number of allylic oxidation sites excluding steroid dienone is 2. The van der Waals surface area contributed by atoms with Gasteiger partial charge in [0, 0.05) is 12.8 Å². The summed E-state index contributed by atoms with van der Waals surface area (Å²) >= 11 is 0. The van der Waals surface area contributed by atoms with Gasteiger partial charge in [-0.15, -0.1) is 0 Å². The van der Waals surface area contributed by atoms with Crippen molar-refractivity contribution < 1.29 is 14.3 Å². The van der Waals surface area contributed by atoms with Crippen molar-refractivity contribution in [3.8, 4) is 0 Å². The fourth-order valence-electron chi connectivity index (χ4n) is 7.53. The lowest BCUT2D eigenvalue weighted by molar-refractivity contribution is -0.148. The Kier molecular flexibility index (Phi) is 4.36. The van der Waals surface area contributed by atoms with Crippen molar-refractivity contribution in [2.45, 2.75) is 72.1 Å². The third-order valence-corrected chi connectivity index (χ3v) is 9.09. The van der Waals surface area contributed by atoms with E-state index in [9.17, 15) is 9.59 Å². The molecule has 7 atom stereocenters. The van der Waals surface area contributed by atoms with E-state index in [0.717, 1.165) is 32.1 Å². The van der Waals surface area contributed by atoms with Crippen LogP contribution < -0.4 is 0 Å². The molecule has 3 heteroatoms. The number of hydrogen-bond acceptors (Lipinski definition) is 3. The lowest BCUT2D eigenvalue weighted by Crippen LogP contribution is -2.48. The Balaban J connectivity index is 1.64. The van der Waals surface area contributed by atoms with Crippen LogP contribution in [0, 0.1) is 40.4 Å². The minimum Gasteiger partial charge on any atom is -0.469 e. The maximum atomic E-state index is 12.2. The highest BCUT2D eigenvalue weighted by molar-refractivity contribution is 5.80. The van der Waals surface area contributed by atoms with Crippen molar-refractivity contribution in [3.63, 3.8) is 0 Å². The number of ketones is 1. The Morgan fingerprint density at radius 2 is 2.00 bits per heavy atom. The van der Waals surface area contributed by atoms with Crippen LogP contribution in [0.25, 0.3) is 0 Å². The van der Waals surface area contributed by atoms with Gasteiger partial charge < -0.3 is 4.74 Å². The van der Waals surface area contributed by atoms with E-state index in [-0.39, 0.29) is 22.7 Å². The third kappa shape index (κ3) is 2.45.